The quantitative estimate of drug-likeness (QED) is 0.801. The first-order chi connectivity index (χ1) is 8.59. The second-order valence-electron chi connectivity index (χ2n) is 3.52. The van der Waals surface area contributed by atoms with Crippen molar-refractivity contribution in [3.8, 4) is 0 Å². The maximum absolute atomic E-state index is 13.5. The van der Waals surface area contributed by atoms with Crippen LogP contribution in [-0.2, 0) is 0 Å². The van der Waals surface area contributed by atoms with Crippen molar-refractivity contribution in [2.45, 2.75) is 0 Å². The molecule has 0 saturated carbocycles. The third kappa shape index (κ3) is 2.27. The molecule has 0 atom stereocenters. The summed E-state index contributed by atoms with van der Waals surface area (Å²) in [6.07, 6.45) is 2.80. The molecular formula is C12H9F2N3O. The number of aromatic nitrogens is 1. The molecule has 0 radical (unpaired) electrons. The third-order valence-electron chi connectivity index (χ3n) is 2.29. The van der Waals surface area contributed by atoms with E-state index in [9.17, 15) is 13.6 Å². The Labute approximate surface area is 101 Å². The van der Waals surface area contributed by atoms with E-state index in [1.807, 2.05) is 0 Å². The van der Waals surface area contributed by atoms with Gasteiger partial charge < -0.3 is 11.1 Å². The molecule has 0 spiro atoms. The summed E-state index contributed by atoms with van der Waals surface area (Å²) in [6, 6.07) is 5.12. The number of carbonyl (C=O) groups excluding carboxylic acids is 1. The van der Waals surface area contributed by atoms with Crippen LogP contribution in [0, 0.1) is 11.6 Å². The summed E-state index contributed by atoms with van der Waals surface area (Å²) >= 11 is 0. The SMILES string of the molecule is Nc1ccc(F)c(F)c1NC(=O)c1cccnc1. The Hall–Kier alpha value is -2.50. The Morgan fingerprint density at radius 2 is 2.06 bits per heavy atom. The van der Waals surface area contributed by atoms with Crippen LogP contribution in [0.25, 0.3) is 0 Å². The van der Waals surface area contributed by atoms with E-state index < -0.39 is 17.5 Å². The third-order valence-corrected chi connectivity index (χ3v) is 2.29. The van der Waals surface area contributed by atoms with Gasteiger partial charge in [0.25, 0.3) is 5.91 Å². The van der Waals surface area contributed by atoms with Crippen LogP contribution < -0.4 is 11.1 Å². The number of nitrogens with two attached hydrogens (primary N) is 1. The van der Waals surface area contributed by atoms with E-state index in [4.69, 9.17) is 5.73 Å². The first-order valence-corrected chi connectivity index (χ1v) is 5.04. The van der Waals surface area contributed by atoms with E-state index in [0.717, 1.165) is 6.07 Å². The van der Waals surface area contributed by atoms with Gasteiger partial charge in [0.15, 0.2) is 11.6 Å². The molecule has 18 heavy (non-hydrogen) atoms. The number of hydrogen-bond acceptors (Lipinski definition) is 3. The van der Waals surface area contributed by atoms with E-state index in [-0.39, 0.29) is 16.9 Å². The van der Waals surface area contributed by atoms with Crippen LogP contribution in [0.15, 0.2) is 36.7 Å². The fourth-order valence-electron chi connectivity index (χ4n) is 1.38. The Bertz CT molecular complexity index is 587. The van der Waals surface area contributed by atoms with Crippen LogP contribution in [0.2, 0.25) is 0 Å². The number of benzene rings is 1. The Balaban J connectivity index is 2.30. The van der Waals surface area contributed by atoms with E-state index in [1.54, 1.807) is 6.07 Å². The van der Waals surface area contributed by atoms with Crippen LogP contribution in [0.3, 0.4) is 0 Å². The molecular weight excluding hydrogens is 240 g/mol. The summed E-state index contributed by atoms with van der Waals surface area (Å²) < 4.78 is 26.5. The number of nitrogens with one attached hydrogen (secondary N) is 1. The lowest BCUT2D eigenvalue weighted by molar-refractivity contribution is 0.102. The fourth-order valence-corrected chi connectivity index (χ4v) is 1.38. The fraction of sp³-hybridized carbons (Fsp3) is 0. The van der Waals surface area contributed by atoms with Crippen LogP contribution in [-0.4, -0.2) is 10.9 Å². The minimum atomic E-state index is -1.19. The van der Waals surface area contributed by atoms with Gasteiger partial charge in [0.2, 0.25) is 0 Å². The molecule has 0 aliphatic heterocycles. The van der Waals surface area contributed by atoms with Crippen molar-refractivity contribution >= 4 is 17.3 Å². The number of rotatable bonds is 2. The minimum Gasteiger partial charge on any atom is -0.397 e. The summed E-state index contributed by atoms with van der Waals surface area (Å²) in [5, 5.41) is 2.22. The highest BCUT2D eigenvalue weighted by atomic mass is 19.2. The molecule has 0 aliphatic rings. The molecule has 1 heterocycles. The molecule has 1 aromatic carbocycles. The highest BCUT2D eigenvalue weighted by Crippen LogP contribution is 2.24. The minimum absolute atomic E-state index is 0.0499. The number of anilines is 2. The lowest BCUT2D eigenvalue weighted by Gasteiger charge is -2.09. The van der Waals surface area contributed by atoms with Gasteiger partial charge in [0.05, 0.1) is 11.3 Å². The lowest BCUT2D eigenvalue weighted by atomic mass is 10.2. The molecule has 4 nitrogen and oxygen atoms in total. The summed E-state index contributed by atoms with van der Waals surface area (Å²) in [5.74, 6) is -2.88. The van der Waals surface area contributed by atoms with Crippen LogP contribution in [0.5, 0.6) is 0 Å². The van der Waals surface area contributed by atoms with Crippen molar-refractivity contribution in [1.82, 2.24) is 4.98 Å². The van der Waals surface area contributed by atoms with Gasteiger partial charge in [-0.3, -0.25) is 9.78 Å². The average Bonchev–Trinajstić information content (AvgIpc) is 2.40. The molecule has 2 rings (SSSR count). The second kappa shape index (κ2) is 4.79. The van der Waals surface area contributed by atoms with Gasteiger partial charge in [-0.1, -0.05) is 0 Å². The number of nitrogen functional groups attached to an aromatic ring is 1. The molecule has 0 bridgehead atoms. The molecule has 0 fully saturated rings. The van der Waals surface area contributed by atoms with E-state index in [1.165, 1.54) is 24.5 Å². The molecule has 0 saturated heterocycles. The van der Waals surface area contributed by atoms with Crippen molar-refractivity contribution in [2.24, 2.45) is 0 Å². The van der Waals surface area contributed by atoms with Gasteiger partial charge in [0, 0.05) is 12.4 Å². The number of carbonyl (C=O) groups is 1. The number of halogens is 2. The summed E-state index contributed by atoms with van der Waals surface area (Å²) in [5.41, 5.74) is 5.28. The Morgan fingerprint density at radius 1 is 1.28 bits per heavy atom. The van der Waals surface area contributed by atoms with Crippen molar-refractivity contribution in [1.29, 1.82) is 0 Å². The average molecular weight is 249 g/mol. The first kappa shape index (κ1) is 12.0. The van der Waals surface area contributed by atoms with Crippen LogP contribution >= 0.6 is 0 Å². The molecule has 3 N–H and O–H groups in total. The maximum atomic E-state index is 13.5. The predicted octanol–water partition coefficient (Wildman–Crippen LogP) is 2.19. The molecule has 1 amide bonds. The smallest absolute Gasteiger partial charge is 0.257 e. The lowest BCUT2D eigenvalue weighted by Crippen LogP contribution is -2.15. The zero-order valence-electron chi connectivity index (χ0n) is 9.15. The van der Waals surface area contributed by atoms with Gasteiger partial charge in [0.1, 0.15) is 5.69 Å². The number of amides is 1. The zero-order chi connectivity index (χ0) is 13.1. The molecule has 0 aliphatic carbocycles. The van der Waals surface area contributed by atoms with Crippen molar-refractivity contribution in [3.05, 3.63) is 53.9 Å². The standard InChI is InChI=1S/C12H9F2N3O/c13-8-3-4-9(15)11(10(8)14)17-12(18)7-2-1-5-16-6-7/h1-6H,15H2,(H,17,18). The number of hydrogen-bond donors (Lipinski definition) is 2. The van der Waals surface area contributed by atoms with Gasteiger partial charge in [-0.25, -0.2) is 8.78 Å². The Kier molecular flexibility index (Phi) is 3.18. The monoisotopic (exact) mass is 249 g/mol. The number of pyridine rings is 1. The molecule has 2 aromatic rings. The molecule has 6 heteroatoms. The van der Waals surface area contributed by atoms with Crippen molar-refractivity contribution in [2.75, 3.05) is 11.1 Å². The van der Waals surface area contributed by atoms with E-state index in [0.29, 0.717) is 0 Å². The maximum Gasteiger partial charge on any atom is 0.257 e. The summed E-state index contributed by atoms with van der Waals surface area (Å²) in [7, 11) is 0. The first-order valence-electron chi connectivity index (χ1n) is 5.04. The Morgan fingerprint density at radius 3 is 2.72 bits per heavy atom. The predicted molar refractivity (Wildman–Crippen MR) is 63.0 cm³/mol. The van der Waals surface area contributed by atoms with E-state index in [2.05, 4.69) is 10.3 Å². The summed E-state index contributed by atoms with van der Waals surface area (Å²) in [6.45, 7) is 0. The van der Waals surface area contributed by atoms with Gasteiger partial charge in [-0.05, 0) is 24.3 Å². The summed E-state index contributed by atoms with van der Waals surface area (Å²) in [4.78, 5) is 15.5. The molecule has 0 unspecified atom stereocenters. The number of nitrogens with zero attached hydrogens (tertiary/aromatic N) is 1. The largest absolute Gasteiger partial charge is 0.397 e. The van der Waals surface area contributed by atoms with Gasteiger partial charge >= 0.3 is 0 Å². The van der Waals surface area contributed by atoms with Crippen LogP contribution in [0.4, 0.5) is 20.2 Å². The van der Waals surface area contributed by atoms with Crippen molar-refractivity contribution < 1.29 is 13.6 Å². The molecule has 92 valence electrons. The second-order valence-corrected chi connectivity index (χ2v) is 3.52. The van der Waals surface area contributed by atoms with Gasteiger partial charge in [-0.15, -0.1) is 0 Å². The zero-order valence-corrected chi connectivity index (χ0v) is 9.15. The van der Waals surface area contributed by atoms with E-state index >= 15 is 0 Å². The molecule has 1 aromatic heterocycles. The highest BCUT2D eigenvalue weighted by molar-refractivity contribution is 6.05. The van der Waals surface area contributed by atoms with Crippen LogP contribution in [0.1, 0.15) is 10.4 Å². The topological polar surface area (TPSA) is 68.0 Å². The normalized spacial score (nSPS) is 10.1. The highest BCUT2D eigenvalue weighted by Gasteiger charge is 2.15. The van der Waals surface area contributed by atoms with Crippen molar-refractivity contribution in [3.63, 3.8) is 0 Å². The van der Waals surface area contributed by atoms with Gasteiger partial charge in [-0.2, -0.15) is 0 Å².